The number of anilines is 2. The molecule has 0 fully saturated rings. The summed E-state index contributed by atoms with van der Waals surface area (Å²) in [6.07, 6.45) is 3.99. The SMILES string of the molecule is O=C1C(c2c(O)cc(O)cc2N(CCC[SiH3])CCC[SiH3])=C(O)C1c1c(O)cc(N(CCC[SiH3])CCC[SiH3])cc1O. The minimum absolute atomic E-state index is 0.0238. The first-order valence-electron chi connectivity index (χ1n) is 14.8. The summed E-state index contributed by atoms with van der Waals surface area (Å²) in [6.45, 7) is 3.10. The number of aliphatic hydroxyl groups excluding tert-OH is 1. The van der Waals surface area contributed by atoms with Crippen molar-refractivity contribution in [3.8, 4) is 23.0 Å². The summed E-state index contributed by atoms with van der Waals surface area (Å²) in [5.41, 5.74) is 1.33. The van der Waals surface area contributed by atoms with Crippen molar-refractivity contribution in [1.29, 1.82) is 0 Å². The van der Waals surface area contributed by atoms with Crippen molar-refractivity contribution in [2.45, 2.75) is 55.8 Å². The zero-order valence-electron chi connectivity index (χ0n) is 24.4. The van der Waals surface area contributed by atoms with Gasteiger partial charge in [0.2, 0.25) is 0 Å². The molecule has 0 aromatic heterocycles. The van der Waals surface area contributed by atoms with Crippen LogP contribution >= 0.6 is 0 Å². The lowest BCUT2D eigenvalue weighted by Gasteiger charge is -2.34. The summed E-state index contributed by atoms with van der Waals surface area (Å²) >= 11 is 0. The van der Waals surface area contributed by atoms with Crippen LogP contribution in [0.15, 0.2) is 30.0 Å². The van der Waals surface area contributed by atoms with Crippen LogP contribution in [0.4, 0.5) is 11.4 Å². The molecular formula is C28H46N2O6Si4. The lowest BCUT2D eigenvalue weighted by Crippen LogP contribution is -2.32. The van der Waals surface area contributed by atoms with Crippen LogP contribution in [0.2, 0.25) is 24.2 Å². The summed E-state index contributed by atoms with van der Waals surface area (Å²) < 4.78 is 0. The molecule has 8 nitrogen and oxygen atoms in total. The van der Waals surface area contributed by atoms with Gasteiger partial charge in [-0.3, -0.25) is 4.79 Å². The molecule has 0 amide bonds. The normalized spacial score (nSPS) is 15.2. The van der Waals surface area contributed by atoms with E-state index in [-0.39, 0.29) is 45.5 Å². The largest absolute Gasteiger partial charge is 0.510 e. The number of hydrogen-bond acceptors (Lipinski definition) is 8. The van der Waals surface area contributed by atoms with Crippen molar-refractivity contribution in [3.05, 3.63) is 41.2 Å². The van der Waals surface area contributed by atoms with Crippen LogP contribution in [-0.4, -0.2) is 98.5 Å². The number of hydrogen-bond donors (Lipinski definition) is 5. The first kappa shape index (κ1) is 31.8. The number of carbonyl (C=O) groups excluding carboxylic acids is 1. The minimum atomic E-state index is -1.22. The van der Waals surface area contributed by atoms with Gasteiger partial charge < -0.3 is 35.3 Å². The highest BCUT2D eigenvalue weighted by Gasteiger charge is 2.46. The second-order valence-electron chi connectivity index (χ2n) is 10.7. The number of benzene rings is 2. The quantitative estimate of drug-likeness (QED) is 0.172. The van der Waals surface area contributed by atoms with E-state index in [9.17, 15) is 30.3 Å². The average Bonchev–Trinajstić information content (AvgIpc) is 2.92. The number of phenolic OH excluding ortho intramolecular Hbond substituents is 4. The van der Waals surface area contributed by atoms with E-state index in [1.807, 2.05) is 0 Å². The Bertz CT molecular complexity index is 1190. The lowest BCUT2D eigenvalue weighted by molar-refractivity contribution is -0.116. The van der Waals surface area contributed by atoms with Crippen molar-refractivity contribution in [2.75, 3.05) is 36.0 Å². The summed E-state index contributed by atoms with van der Waals surface area (Å²) in [5.74, 6) is -2.91. The van der Waals surface area contributed by atoms with Gasteiger partial charge in [0.05, 0.1) is 22.4 Å². The summed E-state index contributed by atoms with van der Waals surface area (Å²) in [6, 6.07) is 10.4. The highest BCUT2D eigenvalue weighted by Crippen LogP contribution is 2.53. The van der Waals surface area contributed by atoms with E-state index in [0.717, 1.165) is 104 Å². The highest BCUT2D eigenvalue weighted by molar-refractivity contribution is 6.33. The Balaban J connectivity index is 2.04. The fraction of sp³-hybridized carbons (Fsp3) is 0.464. The van der Waals surface area contributed by atoms with Crippen LogP contribution in [0, 0.1) is 0 Å². The second kappa shape index (κ2) is 14.8. The predicted octanol–water partition coefficient (Wildman–Crippen LogP) is 0.453. The van der Waals surface area contributed by atoms with Crippen LogP contribution in [0.1, 0.15) is 42.7 Å². The molecule has 0 spiro atoms. The molecule has 40 heavy (non-hydrogen) atoms. The van der Waals surface area contributed by atoms with E-state index in [0.29, 0.717) is 24.5 Å². The summed E-state index contributed by atoms with van der Waals surface area (Å²) in [5, 5.41) is 54.4. The van der Waals surface area contributed by atoms with Crippen LogP contribution in [0.5, 0.6) is 23.0 Å². The van der Waals surface area contributed by atoms with Crippen molar-refractivity contribution in [3.63, 3.8) is 0 Å². The Kier molecular flexibility index (Phi) is 11.8. The maximum Gasteiger partial charge on any atom is 0.182 e. The third-order valence-corrected chi connectivity index (χ3v) is 10.4. The molecule has 0 heterocycles. The van der Waals surface area contributed by atoms with Gasteiger partial charge in [-0.2, -0.15) is 0 Å². The Morgan fingerprint density at radius 1 is 0.650 bits per heavy atom. The van der Waals surface area contributed by atoms with E-state index in [2.05, 4.69) is 9.80 Å². The molecule has 12 heteroatoms. The van der Waals surface area contributed by atoms with Gasteiger partial charge >= 0.3 is 0 Å². The molecule has 2 aromatic rings. The van der Waals surface area contributed by atoms with Crippen LogP contribution in [0.3, 0.4) is 0 Å². The third kappa shape index (κ3) is 6.96. The molecule has 0 saturated heterocycles. The number of carbonyl (C=O) groups is 1. The Morgan fingerprint density at radius 3 is 1.57 bits per heavy atom. The average molecular weight is 619 g/mol. The fourth-order valence-electron chi connectivity index (χ4n) is 5.29. The third-order valence-electron chi connectivity index (χ3n) is 7.61. The molecule has 2 aromatic carbocycles. The molecular weight excluding hydrogens is 573 g/mol. The van der Waals surface area contributed by atoms with Crippen molar-refractivity contribution < 1.29 is 30.3 Å². The van der Waals surface area contributed by atoms with Gasteiger partial charge in [-0.05, 0) is 25.7 Å². The van der Waals surface area contributed by atoms with E-state index >= 15 is 0 Å². The van der Waals surface area contributed by atoms with Gasteiger partial charge in [-0.15, -0.1) is 0 Å². The number of allylic oxidation sites excluding steroid dienone is 2. The summed E-state index contributed by atoms with van der Waals surface area (Å²) in [4.78, 5) is 17.8. The first-order valence-corrected chi connectivity index (χ1v) is 20.4. The molecule has 1 unspecified atom stereocenters. The number of aliphatic hydroxyl groups is 1. The number of phenols is 4. The smallest absolute Gasteiger partial charge is 0.182 e. The zero-order valence-corrected chi connectivity index (χ0v) is 32.4. The molecule has 5 N–H and O–H groups in total. The minimum Gasteiger partial charge on any atom is -0.510 e. The van der Waals surface area contributed by atoms with Crippen molar-refractivity contribution in [2.24, 2.45) is 0 Å². The topological polar surface area (TPSA) is 125 Å². The van der Waals surface area contributed by atoms with Crippen molar-refractivity contribution >= 4 is 63.7 Å². The fourth-order valence-corrected chi connectivity index (χ4v) is 6.55. The van der Waals surface area contributed by atoms with E-state index in [1.54, 1.807) is 12.1 Å². The highest BCUT2D eigenvalue weighted by atomic mass is 28.2. The maximum absolute atomic E-state index is 13.6. The molecule has 0 radical (unpaired) electrons. The van der Waals surface area contributed by atoms with E-state index < -0.39 is 11.7 Å². The molecule has 1 aliphatic carbocycles. The van der Waals surface area contributed by atoms with Crippen LogP contribution < -0.4 is 9.80 Å². The molecule has 3 rings (SSSR count). The lowest BCUT2D eigenvalue weighted by atomic mass is 9.73. The van der Waals surface area contributed by atoms with Gasteiger partial charge in [0.1, 0.15) is 34.7 Å². The van der Waals surface area contributed by atoms with Gasteiger partial charge in [0, 0.05) is 97.1 Å². The number of ketones is 1. The predicted molar refractivity (Wildman–Crippen MR) is 179 cm³/mol. The Labute approximate surface area is 249 Å². The Morgan fingerprint density at radius 2 is 1.12 bits per heavy atom. The van der Waals surface area contributed by atoms with Gasteiger partial charge in [-0.1, -0.05) is 24.2 Å². The molecule has 1 atom stereocenters. The number of Topliss-reactive ketones (excluding diaryl/α,β-unsaturated/α-hetero) is 1. The van der Waals surface area contributed by atoms with E-state index in [1.165, 1.54) is 12.1 Å². The second-order valence-corrected chi connectivity index (χ2v) is 14.7. The van der Waals surface area contributed by atoms with Gasteiger partial charge in [-0.25, -0.2) is 0 Å². The standard InChI is InChI=1S/C28H46N2O6Si4/c31-18-15-19(30(7-3-11-39)8-4-12-40)23(22(34)16-18)25-27(35)26(28(25)36)24-20(32)13-17(14-21(24)33)29(5-1-9-37)6-2-10-38/h13-16,26,31-35H,1-12H2,37-40H3. The number of rotatable bonds is 16. The molecule has 0 saturated carbocycles. The van der Waals surface area contributed by atoms with Gasteiger partial charge in [0.15, 0.2) is 5.78 Å². The van der Waals surface area contributed by atoms with Crippen molar-refractivity contribution in [1.82, 2.24) is 0 Å². The van der Waals surface area contributed by atoms with Crippen LogP contribution in [-0.2, 0) is 4.79 Å². The van der Waals surface area contributed by atoms with E-state index in [4.69, 9.17) is 0 Å². The maximum atomic E-state index is 13.6. The number of aromatic hydroxyl groups is 4. The zero-order chi connectivity index (χ0) is 29.4. The Hall–Kier alpha value is -2.68. The monoisotopic (exact) mass is 618 g/mol. The molecule has 220 valence electrons. The van der Waals surface area contributed by atoms with Gasteiger partial charge in [0.25, 0.3) is 0 Å². The van der Waals surface area contributed by atoms with Crippen LogP contribution in [0.25, 0.3) is 5.57 Å². The molecule has 0 aliphatic heterocycles. The first-order chi connectivity index (χ1) is 19.2. The molecule has 1 aliphatic rings. The number of nitrogens with zero attached hydrogens (tertiary/aromatic N) is 2. The summed E-state index contributed by atoms with van der Waals surface area (Å²) in [7, 11) is 4.38. The molecule has 0 bridgehead atoms.